The molecule has 4 aliphatic rings. The quantitative estimate of drug-likeness (QED) is 0.449. The Labute approximate surface area is 196 Å². The van der Waals surface area contributed by atoms with E-state index in [2.05, 4.69) is 15.5 Å². The number of halogens is 1. The molecular formula is C22H29ClN6O4. The zero-order valence-electron chi connectivity index (χ0n) is 18.9. The lowest BCUT2D eigenvalue weighted by atomic mass is 9.46. The summed E-state index contributed by atoms with van der Waals surface area (Å²) in [7, 11) is 0. The summed E-state index contributed by atoms with van der Waals surface area (Å²) in [6.45, 7) is 4.67. The minimum Gasteiger partial charge on any atom is -0.360 e. The van der Waals surface area contributed by atoms with E-state index in [1.807, 2.05) is 11.6 Å². The lowest BCUT2D eigenvalue weighted by Crippen LogP contribution is -2.57. The van der Waals surface area contributed by atoms with Crippen LogP contribution in [0.4, 0.5) is 11.5 Å². The van der Waals surface area contributed by atoms with E-state index in [0.717, 1.165) is 38.5 Å². The highest BCUT2D eigenvalue weighted by atomic mass is 35.5. The van der Waals surface area contributed by atoms with Crippen LogP contribution in [0.5, 0.6) is 0 Å². The van der Waals surface area contributed by atoms with Crippen LogP contribution < -0.4 is 5.32 Å². The highest BCUT2D eigenvalue weighted by Crippen LogP contribution is 2.65. The number of hydrogen-bond donors (Lipinski definition) is 1. The van der Waals surface area contributed by atoms with Crippen molar-refractivity contribution in [2.45, 2.75) is 71.1 Å². The fraction of sp³-hybridized carbons (Fsp3) is 0.682. The summed E-state index contributed by atoms with van der Waals surface area (Å²) in [4.78, 5) is 24.0. The summed E-state index contributed by atoms with van der Waals surface area (Å²) >= 11 is 6.29. The van der Waals surface area contributed by atoms with Crippen LogP contribution in [0.15, 0.2) is 12.4 Å². The van der Waals surface area contributed by atoms with Crippen molar-refractivity contribution in [3.8, 4) is 0 Å². The summed E-state index contributed by atoms with van der Waals surface area (Å²) in [5.41, 5.74) is 0.861. The van der Waals surface area contributed by atoms with Crippen LogP contribution in [0, 0.1) is 34.3 Å². The molecule has 0 aromatic carbocycles. The summed E-state index contributed by atoms with van der Waals surface area (Å²) in [6, 6.07) is 0. The summed E-state index contributed by atoms with van der Waals surface area (Å²) in [5, 5.41) is 23.1. The average molecular weight is 477 g/mol. The monoisotopic (exact) mass is 476 g/mol. The molecule has 4 aliphatic carbocycles. The highest BCUT2D eigenvalue weighted by Gasteiger charge is 2.60. The van der Waals surface area contributed by atoms with Gasteiger partial charge in [0.25, 0.3) is 0 Å². The first kappa shape index (κ1) is 22.3. The smallest absolute Gasteiger partial charge is 0.360 e. The van der Waals surface area contributed by atoms with Crippen molar-refractivity contribution in [3.05, 3.63) is 33.2 Å². The van der Waals surface area contributed by atoms with Crippen LogP contribution in [-0.2, 0) is 21.8 Å². The van der Waals surface area contributed by atoms with Crippen molar-refractivity contribution in [2.75, 3.05) is 11.9 Å². The van der Waals surface area contributed by atoms with E-state index in [1.54, 1.807) is 24.0 Å². The zero-order valence-corrected chi connectivity index (χ0v) is 19.7. The average Bonchev–Trinajstić information content (AvgIpc) is 3.29. The molecule has 0 radical (unpaired) electrons. The van der Waals surface area contributed by atoms with Gasteiger partial charge in [-0.2, -0.15) is 9.78 Å². The van der Waals surface area contributed by atoms with Gasteiger partial charge in [0.05, 0.1) is 34.4 Å². The minimum atomic E-state index is -0.513. The molecule has 2 atom stereocenters. The molecule has 0 spiro atoms. The third-order valence-corrected chi connectivity index (χ3v) is 8.12. The highest BCUT2D eigenvalue weighted by molar-refractivity contribution is 6.33. The molecule has 2 heterocycles. The van der Waals surface area contributed by atoms with Crippen molar-refractivity contribution in [1.29, 1.82) is 0 Å². The molecule has 4 saturated carbocycles. The van der Waals surface area contributed by atoms with Crippen molar-refractivity contribution in [3.63, 3.8) is 0 Å². The Hall–Kier alpha value is -2.46. The zero-order chi connectivity index (χ0) is 23.4. The molecule has 0 saturated heterocycles. The number of nitrogens with zero attached hydrogens (tertiary/aromatic N) is 5. The maximum absolute atomic E-state index is 13.1. The number of nitro groups is 1. The van der Waals surface area contributed by atoms with Gasteiger partial charge in [-0.05, 0) is 74.5 Å². The van der Waals surface area contributed by atoms with E-state index in [4.69, 9.17) is 16.3 Å². The topological polar surface area (TPSA) is 117 Å². The molecule has 1 amide bonds. The number of carbonyl (C=O) groups excluding carboxylic acids is 1. The largest absolute Gasteiger partial charge is 0.408 e. The molecule has 1 N–H and O–H groups in total. The molecule has 0 aliphatic heterocycles. The van der Waals surface area contributed by atoms with Gasteiger partial charge in [-0.1, -0.05) is 11.6 Å². The Balaban J connectivity index is 1.36. The predicted octanol–water partition coefficient (Wildman–Crippen LogP) is 4.27. The van der Waals surface area contributed by atoms with E-state index in [1.165, 1.54) is 0 Å². The standard InChI is InChI=1S/C22H29ClN6O4/c1-3-33-13-27-11-17(10-24-27)25-18(30)9-21-5-15-4-16(6-21)8-22(7-15,12-21)28-14(2)19(23)20(26-28)29(31)32/h10-11,15-16H,3-9,12-13H2,1-2H3,(H,25,30). The Morgan fingerprint density at radius 3 is 2.73 bits per heavy atom. The SMILES string of the molecule is CCOCn1cc(NC(=O)CC23CC4CC(C2)CC(n2nc([N+](=O)[O-])c(Cl)c2C)(C4)C3)cn1. The van der Waals surface area contributed by atoms with Gasteiger partial charge < -0.3 is 20.2 Å². The number of carbonyl (C=O) groups is 1. The van der Waals surface area contributed by atoms with Gasteiger partial charge >= 0.3 is 5.82 Å². The van der Waals surface area contributed by atoms with Gasteiger partial charge in [-0.3, -0.25) is 4.79 Å². The van der Waals surface area contributed by atoms with Gasteiger partial charge in [0, 0.05) is 13.0 Å². The predicted molar refractivity (Wildman–Crippen MR) is 121 cm³/mol. The maximum atomic E-state index is 13.1. The number of aromatic nitrogens is 4. The van der Waals surface area contributed by atoms with Gasteiger partial charge in [0.15, 0.2) is 5.02 Å². The summed E-state index contributed by atoms with van der Waals surface area (Å²) in [5.74, 6) is 0.689. The van der Waals surface area contributed by atoms with Gasteiger partial charge in [0.2, 0.25) is 5.91 Å². The number of nitrogens with one attached hydrogen (secondary N) is 1. The van der Waals surface area contributed by atoms with E-state index in [9.17, 15) is 14.9 Å². The fourth-order valence-corrected chi connectivity index (χ4v) is 7.32. The van der Waals surface area contributed by atoms with E-state index < -0.39 is 4.92 Å². The molecule has 2 aromatic rings. The van der Waals surface area contributed by atoms with Crippen LogP contribution >= 0.6 is 11.6 Å². The molecule has 33 heavy (non-hydrogen) atoms. The van der Waals surface area contributed by atoms with Crippen LogP contribution in [-0.4, -0.2) is 37.0 Å². The normalized spacial score (nSPS) is 30.0. The van der Waals surface area contributed by atoms with E-state index in [0.29, 0.717) is 43.0 Å². The summed E-state index contributed by atoms with van der Waals surface area (Å²) < 4.78 is 8.82. The lowest BCUT2D eigenvalue weighted by Gasteiger charge is -2.61. The second-order valence-electron chi connectivity index (χ2n) is 10.2. The molecule has 6 rings (SSSR count). The van der Waals surface area contributed by atoms with Crippen LogP contribution in [0.1, 0.15) is 57.6 Å². The van der Waals surface area contributed by atoms with E-state index in [-0.39, 0.29) is 27.7 Å². The van der Waals surface area contributed by atoms with Crippen molar-refractivity contribution in [2.24, 2.45) is 17.3 Å². The molecule has 11 heteroatoms. The Morgan fingerprint density at radius 1 is 1.36 bits per heavy atom. The number of rotatable bonds is 8. The van der Waals surface area contributed by atoms with Gasteiger partial charge in [0.1, 0.15) is 6.73 Å². The van der Waals surface area contributed by atoms with Crippen molar-refractivity contribution >= 4 is 29.0 Å². The first-order valence-electron chi connectivity index (χ1n) is 11.5. The van der Waals surface area contributed by atoms with Gasteiger partial charge in [-0.25, -0.2) is 4.68 Å². The third kappa shape index (κ3) is 3.93. The number of anilines is 1. The second kappa shape index (κ2) is 8.09. The molecule has 4 fully saturated rings. The van der Waals surface area contributed by atoms with Crippen LogP contribution in [0.3, 0.4) is 0 Å². The van der Waals surface area contributed by atoms with E-state index >= 15 is 0 Å². The molecule has 2 aromatic heterocycles. The maximum Gasteiger partial charge on any atom is 0.408 e. The molecule has 178 valence electrons. The molecule has 4 bridgehead atoms. The van der Waals surface area contributed by atoms with Crippen molar-refractivity contribution in [1.82, 2.24) is 19.6 Å². The molecular weight excluding hydrogens is 448 g/mol. The van der Waals surface area contributed by atoms with Gasteiger partial charge in [-0.15, -0.1) is 0 Å². The molecule has 10 nitrogen and oxygen atoms in total. The van der Waals surface area contributed by atoms with Crippen LogP contribution in [0.2, 0.25) is 5.02 Å². The number of ether oxygens (including phenoxy) is 1. The first-order valence-corrected chi connectivity index (χ1v) is 11.9. The minimum absolute atomic E-state index is 0.0238. The fourth-order valence-electron chi connectivity index (χ4n) is 7.13. The Morgan fingerprint density at radius 2 is 2.09 bits per heavy atom. The number of hydrogen-bond acceptors (Lipinski definition) is 6. The Bertz CT molecular complexity index is 1080. The number of amides is 1. The van der Waals surface area contributed by atoms with Crippen molar-refractivity contribution < 1.29 is 14.5 Å². The van der Waals surface area contributed by atoms with Crippen LogP contribution in [0.25, 0.3) is 0 Å². The Kier molecular flexibility index (Phi) is 5.48. The second-order valence-corrected chi connectivity index (χ2v) is 10.6. The summed E-state index contributed by atoms with van der Waals surface area (Å²) in [6.07, 6.45) is 9.67. The molecule has 2 unspecified atom stereocenters. The first-order chi connectivity index (χ1) is 15.7. The lowest BCUT2D eigenvalue weighted by molar-refractivity contribution is -0.389. The third-order valence-electron chi connectivity index (χ3n) is 7.68.